The molecule has 0 aromatic heterocycles. The Kier molecular flexibility index (Phi) is 14.3. The minimum Gasteiger partial charge on any atom is -0.493 e. The highest BCUT2D eigenvalue weighted by Crippen LogP contribution is 2.45. The first kappa shape index (κ1) is 40.1. The number of hydrogen-bond donors (Lipinski definition) is 9. The summed E-state index contributed by atoms with van der Waals surface area (Å²) in [5.41, 5.74) is 1.69. The maximum absolute atomic E-state index is 10.6. The average Bonchev–Trinajstić information content (AvgIpc) is 3.14. The Morgan fingerprint density at radius 2 is 1.06 bits per heavy atom. The second-order valence-corrected chi connectivity index (χ2v) is 11.6. The van der Waals surface area contributed by atoms with Crippen LogP contribution in [0, 0.1) is 0 Å². The van der Waals surface area contributed by atoms with Crippen LogP contribution in [0.4, 0.5) is 0 Å². The highest BCUT2D eigenvalue weighted by molar-refractivity contribution is 5.69. The van der Waals surface area contributed by atoms with Gasteiger partial charge in [0, 0.05) is 5.56 Å². The van der Waals surface area contributed by atoms with E-state index in [9.17, 15) is 46.0 Å². The molecule has 0 saturated carbocycles. The fourth-order valence-electron chi connectivity index (χ4n) is 5.68. The van der Waals surface area contributed by atoms with Gasteiger partial charge in [0.25, 0.3) is 0 Å². The van der Waals surface area contributed by atoms with Gasteiger partial charge in [0.2, 0.25) is 24.1 Å². The highest BCUT2D eigenvalue weighted by atomic mass is 16.7. The van der Waals surface area contributed by atoms with Crippen LogP contribution in [0.2, 0.25) is 0 Å². The molecule has 0 bridgehead atoms. The molecule has 17 heteroatoms. The molecule has 4 rings (SSSR count). The summed E-state index contributed by atoms with van der Waals surface area (Å²) in [4.78, 5) is 0. The van der Waals surface area contributed by atoms with E-state index < -0.39 is 74.6 Å². The van der Waals surface area contributed by atoms with E-state index in [0.717, 1.165) is 0 Å². The van der Waals surface area contributed by atoms with Crippen LogP contribution < -0.4 is 28.4 Å². The summed E-state index contributed by atoms with van der Waals surface area (Å²) in [6, 6.07) is 4.81. The van der Waals surface area contributed by atoms with Crippen LogP contribution in [0.1, 0.15) is 16.7 Å². The zero-order chi connectivity index (χ0) is 37.4. The summed E-state index contributed by atoms with van der Waals surface area (Å²) < 4.78 is 45.2. The normalized spacial score (nSPS) is 29.7. The van der Waals surface area contributed by atoms with Gasteiger partial charge >= 0.3 is 0 Å². The van der Waals surface area contributed by atoms with Crippen LogP contribution >= 0.6 is 0 Å². The Hall–Kier alpha value is -3.72. The van der Waals surface area contributed by atoms with Crippen molar-refractivity contribution in [1.82, 2.24) is 0 Å². The number of aliphatic hydroxyl groups is 9. The second-order valence-electron chi connectivity index (χ2n) is 11.6. The quantitative estimate of drug-likeness (QED) is 0.0995. The third-order valence-electron chi connectivity index (χ3n) is 8.45. The molecule has 2 aromatic rings. The smallest absolute Gasteiger partial charge is 0.229 e. The Labute approximate surface area is 293 Å². The van der Waals surface area contributed by atoms with Crippen molar-refractivity contribution < 1.29 is 83.9 Å². The molecule has 2 heterocycles. The molecule has 2 aromatic carbocycles. The van der Waals surface area contributed by atoms with Crippen LogP contribution in [0.5, 0.6) is 34.5 Å². The predicted octanol–water partition coefficient (Wildman–Crippen LogP) is -1.66. The van der Waals surface area contributed by atoms with Crippen LogP contribution in [0.3, 0.4) is 0 Å². The number of allylic oxidation sites excluding steroid dienone is 1. The summed E-state index contributed by atoms with van der Waals surface area (Å²) in [7, 11) is 5.51. The van der Waals surface area contributed by atoms with Crippen molar-refractivity contribution in [3.05, 3.63) is 47.0 Å². The molecule has 2 aliphatic heterocycles. The van der Waals surface area contributed by atoms with Gasteiger partial charge < -0.3 is 83.9 Å². The lowest BCUT2D eigenvalue weighted by atomic mass is 9.98. The van der Waals surface area contributed by atoms with Gasteiger partial charge in [-0.05, 0) is 35.7 Å². The fraction of sp³-hybridized carbons (Fsp3) is 0.529. The van der Waals surface area contributed by atoms with Gasteiger partial charge in [-0.1, -0.05) is 24.3 Å². The van der Waals surface area contributed by atoms with Crippen LogP contribution in [0.25, 0.3) is 12.2 Å². The molecule has 2 saturated heterocycles. The van der Waals surface area contributed by atoms with Gasteiger partial charge in [-0.3, -0.25) is 0 Å². The van der Waals surface area contributed by atoms with E-state index >= 15 is 0 Å². The van der Waals surface area contributed by atoms with Crippen molar-refractivity contribution in [2.24, 2.45) is 0 Å². The molecule has 2 fully saturated rings. The van der Waals surface area contributed by atoms with E-state index in [4.69, 9.17) is 37.9 Å². The molecular formula is C34H46O17. The Bertz CT molecular complexity index is 1470. The van der Waals surface area contributed by atoms with Crippen molar-refractivity contribution >= 4 is 12.2 Å². The Balaban J connectivity index is 1.67. The van der Waals surface area contributed by atoms with Gasteiger partial charge in [-0.25, -0.2) is 0 Å². The van der Waals surface area contributed by atoms with Crippen molar-refractivity contribution in [2.45, 2.75) is 67.8 Å². The maximum Gasteiger partial charge on any atom is 0.229 e. The molecule has 0 spiro atoms. The Morgan fingerprint density at radius 3 is 1.51 bits per heavy atom. The monoisotopic (exact) mass is 726 g/mol. The lowest BCUT2D eigenvalue weighted by Crippen LogP contribution is -2.60. The van der Waals surface area contributed by atoms with E-state index in [1.54, 1.807) is 36.4 Å². The third kappa shape index (κ3) is 8.67. The van der Waals surface area contributed by atoms with Gasteiger partial charge in [-0.15, -0.1) is 0 Å². The largest absolute Gasteiger partial charge is 0.493 e. The van der Waals surface area contributed by atoms with E-state index in [-0.39, 0.29) is 47.5 Å². The lowest BCUT2D eigenvalue weighted by Gasteiger charge is -2.39. The first-order valence-electron chi connectivity index (χ1n) is 15.9. The number of benzene rings is 2. The first-order chi connectivity index (χ1) is 24.5. The number of methoxy groups -OCH3 is 4. The summed E-state index contributed by atoms with van der Waals surface area (Å²) >= 11 is 0. The molecule has 0 aliphatic carbocycles. The zero-order valence-electron chi connectivity index (χ0n) is 28.4. The minimum atomic E-state index is -1.70. The van der Waals surface area contributed by atoms with E-state index in [2.05, 4.69) is 0 Å². The second kappa shape index (κ2) is 18.2. The molecule has 51 heavy (non-hydrogen) atoms. The van der Waals surface area contributed by atoms with E-state index in [1.165, 1.54) is 34.5 Å². The maximum atomic E-state index is 10.6. The molecular weight excluding hydrogens is 680 g/mol. The van der Waals surface area contributed by atoms with Gasteiger partial charge in [0.05, 0.1) is 48.3 Å². The standard InChI is InChI=1S/C34H46O17/c1-44-19-11-16(12-20(45-2)31(19)50-33-28(42)26(40)24(38)22(14-36)48-33)7-5-9-18-17(8-6-10-35)13-21(46-3)32(30(18)47-4)51-34-29(43)27(41)25(39)23(15-37)49-34/h5-8,11-13,22-29,33-43H,9-10,14-15H2,1-4H3/t22-,23-,24-,25-,26-,27-,28-,29-,33+,34+/m0/s1. The zero-order valence-corrected chi connectivity index (χ0v) is 28.4. The third-order valence-corrected chi connectivity index (χ3v) is 8.45. The SMILES string of the molecule is COc1cc(C=CCc2c(C=CCO)cc(OC)c(O[C@H]3O[C@@H](CO)[C@H](O)[C@H](O)[C@@H]3O)c2OC)cc(OC)c1O[C@H]1O[C@@H](CO)[C@H](O)[C@H](O)[C@@H]1O. The summed E-state index contributed by atoms with van der Waals surface area (Å²) in [5, 5.41) is 90.6. The number of hydrogen-bond acceptors (Lipinski definition) is 17. The predicted molar refractivity (Wildman–Crippen MR) is 177 cm³/mol. The number of rotatable bonds is 15. The first-order valence-corrected chi connectivity index (χ1v) is 15.9. The number of ether oxygens (including phenoxy) is 8. The molecule has 10 atom stereocenters. The molecule has 284 valence electrons. The topological polar surface area (TPSA) is 256 Å². The van der Waals surface area contributed by atoms with Crippen LogP contribution in [-0.2, 0) is 15.9 Å². The Morgan fingerprint density at radius 1 is 0.569 bits per heavy atom. The van der Waals surface area contributed by atoms with Crippen molar-refractivity contribution in [3.63, 3.8) is 0 Å². The van der Waals surface area contributed by atoms with Crippen LogP contribution in [0.15, 0.2) is 30.4 Å². The minimum absolute atomic E-state index is 0.00749. The average molecular weight is 727 g/mol. The van der Waals surface area contributed by atoms with Crippen LogP contribution in [-0.4, -0.2) is 156 Å². The molecule has 0 unspecified atom stereocenters. The van der Waals surface area contributed by atoms with E-state index in [0.29, 0.717) is 16.7 Å². The van der Waals surface area contributed by atoms with Crippen molar-refractivity contribution in [2.75, 3.05) is 48.3 Å². The fourth-order valence-corrected chi connectivity index (χ4v) is 5.68. The number of aliphatic hydroxyl groups excluding tert-OH is 9. The molecule has 0 radical (unpaired) electrons. The van der Waals surface area contributed by atoms with Crippen molar-refractivity contribution in [3.8, 4) is 34.5 Å². The summed E-state index contributed by atoms with van der Waals surface area (Å²) in [5.74, 6) is 0.645. The summed E-state index contributed by atoms with van der Waals surface area (Å²) in [6.07, 6.45) is -8.47. The molecule has 2 aliphatic rings. The van der Waals surface area contributed by atoms with E-state index in [1.807, 2.05) is 0 Å². The van der Waals surface area contributed by atoms with Gasteiger partial charge in [0.15, 0.2) is 23.0 Å². The lowest BCUT2D eigenvalue weighted by molar-refractivity contribution is -0.277. The highest BCUT2D eigenvalue weighted by Gasteiger charge is 2.46. The van der Waals surface area contributed by atoms with Gasteiger partial charge in [-0.2, -0.15) is 0 Å². The van der Waals surface area contributed by atoms with Gasteiger partial charge in [0.1, 0.15) is 48.8 Å². The molecule has 9 N–H and O–H groups in total. The molecule has 17 nitrogen and oxygen atoms in total. The molecule has 0 amide bonds. The summed E-state index contributed by atoms with van der Waals surface area (Å²) in [6.45, 7) is -1.56. The van der Waals surface area contributed by atoms with Crippen molar-refractivity contribution in [1.29, 1.82) is 0 Å².